The Hall–Kier alpha value is -3.10. The van der Waals surface area contributed by atoms with Crippen LogP contribution in [0.25, 0.3) is 11.0 Å². The van der Waals surface area contributed by atoms with Crippen molar-refractivity contribution in [1.29, 1.82) is 5.26 Å². The minimum absolute atomic E-state index is 0.198. The zero-order valence-electron chi connectivity index (χ0n) is 15.1. The molecule has 26 heavy (non-hydrogen) atoms. The van der Waals surface area contributed by atoms with Gasteiger partial charge >= 0.3 is 0 Å². The van der Waals surface area contributed by atoms with E-state index in [-0.39, 0.29) is 11.9 Å². The molecular formula is C21H21N3O2. The maximum atomic E-state index is 12.8. The fraction of sp³-hybridized carbons (Fsp3) is 0.238. The molecule has 1 N–H and O–H groups in total. The first-order chi connectivity index (χ1) is 12.5. The maximum absolute atomic E-state index is 12.8. The zero-order valence-corrected chi connectivity index (χ0v) is 15.1. The Morgan fingerprint density at radius 3 is 2.54 bits per heavy atom. The van der Waals surface area contributed by atoms with E-state index in [9.17, 15) is 4.79 Å². The van der Waals surface area contributed by atoms with E-state index in [4.69, 9.17) is 9.68 Å². The van der Waals surface area contributed by atoms with E-state index >= 15 is 0 Å². The summed E-state index contributed by atoms with van der Waals surface area (Å²) in [6.07, 6.45) is 0. The lowest BCUT2D eigenvalue weighted by Gasteiger charge is -2.15. The number of fused-ring (bicyclic) bond motifs is 1. The van der Waals surface area contributed by atoms with Crippen LogP contribution in [0.5, 0.6) is 0 Å². The van der Waals surface area contributed by atoms with Crippen LogP contribution < -0.4 is 5.32 Å². The molecule has 0 fully saturated rings. The van der Waals surface area contributed by atoms with E-state index in [1.807, 2.05) is 62.3 Å². The SMILES string of the molecule is C[C@@H](NC(=O)c1oc2ccccc2c1CN(C)C)c1ccc(C#N)cc1. The molecule has 0 saturated heterocycles. The molecular weight excluding hydrogens is 326 g/mol. The molecule has 1 amide bonds. The molecule has 3 aromatic rings. The lowest BCUT2D eigenvalue weighted by atomic mass is 10.1. The molecule has 0 radical (unpaired) electrons. The summed E-state index contributed by atoms with van der Waals surface area (Å²) in [5.74, 6) is 0.107. The van der Waals surface area contributed by atoms with Gasteiger partial charge in [-0.15, -0.1) is 0 Å². The second-order valence-electron chi connectivity index (χ2n) is 6.57. The third-order valence-corrected chi connectivity index (χ3v) is 4.27. The zero-order chi connectivity index (χ0) is 18.7. The van der Waals surface area contributed by atoms with Gasteiger partial charge < -0.3 is 14.6 Å². The lowest BCUT2D eigenvalue weighted by molar-refractivity contribution is 0.0912. The van der Waals surface area contributed by atoms with Crippen molar-refractivity contribution in [3.63, 3.8) is 0 Å². The van der Waals surface area contributed by atoms with Crippen LogP contribution in [0.3, 0.4) is 0 Å². The van der Waals surface area contributed by atoms with Crippen LogP contribution in [0.1, 0.15) is 40.2 Å². The Bertz CT molecular complexity index is 965. The summed E-state index contributed by atoms with van der Waals surface area (Å²) < 4.78 is 5.85. The third-order valence-electron chi connectivity index (χ3n) is 4.27. The van der Waals surface area contributed by atoms with Gasteiger partial charge in [-0.1, -0.05) is 30.3 Å². The summed E-state index contributed by atoms with van der Waals surface area (Å²) in [7, 11) is 3.92. The highest BCUT2D eigenvalue weighted by atomic mass is 16.3. The third kappa shape index (κ3) is 3.61. The number of para-hydroxylation sites is 1. The summed E-state index contributed by atoms with van der Waals surface area (Å²) in [5, 5.41) is 12.8. The smallest absolute Gasteiger partial charge is 0.287 e. The van der Waals surface area contributed by atoms with E-state index in [0.29, 0.717) is 23.5 Å². The predicted octanol–water partition coefficient (Wildman–Crippen LogP) is 3.86. The summed E-state index contributed by atoms with van der Waals surface area (Å²) in [4.78, 5) is 14.9. The van der Waals surface area contributed by atoms with Crippen molar-refractivity contribution in [2.45, 2.75) is 19.5 Å². The van der Waals surface area contributed by atoms with E-state index in [0.717, 1.165) is 16.5 Å². The normalized spacial score (nSPS) is 12.1. The van der Waals surface area contributed by atoms with E-state index in [1.165, 1.54) is 0 Å². The molecule has 5 heteroatoms. The highest BCUT2D eigenvalue weighted by molar-refractivity contribution is 5.99. The first-order valence-electron chi connectivity index (χ1n) is 8.45. The highest BCUT2D eigenvalue weighted by Gasteiger charge is 2.22. The number of amides is 1. The highest BCUT2D eigenvalue weighted by Crippen LogP contribution is 2.27. The Labute approximate surface area is 152 Å². The molecule has 0 bridgehead atoms. The fourth-order valence-corrected chi connectivity index (χ4v) is 2.95. The second-order valence-corrected chi connectivity index (χ2v) is 6.57. The van der Waals surface area contributed by atoms with Crippen molar-refractivity contribution in [3.8, 4) is 6.07 Å². The topological polar surface area (TPSA) is 69.3 Å². The molecule has 1 heterocycles. The van der Waals surface area contributed by atoms with Gasteiger partial charge in [-0.05, 0) is 44.8 Å². The number of nitriles is 1. The molecule has 0 aliphatic heterocycles. The molecule has 0 spiro atoms. The van der Waals surface area contributed by atoms with Crippen molar-refractivity contribution in [2.75, 3.05) is 14.1 Å². The molecule has 0 unspecified atom stereocenters. The number of carbonyl (C=O) groups excluding carboxylic acids is 1. The van der Waals surface area contributed by atoms with Gasteiger partial charge in [-0.25, -0.2) is 0 Å². The van der Waals surface area contributed by atoms with Crippen LogP contribution in [0.15, 0.2) is 52.9 Å². The quantitative estimate of drug-likeness (QED) is 0.761. The molecule has 0 saturated carbocycles. The van der Waals surface area contributed by atoms with Gasteiger partial charge in [0.25, 0.3) is 5.91 Å². The van der Waals surface area contributed by atoms with Gasteiger partial charge in [0.2, 0.25) is 0 Å². The number of hydrogen-bond acceptors (Lipinski definition) is 4. The van der Waals surface area contributed by atoms with Crippen LogP contribution in [0, 0.1) is 11.3 Å². The van der Waals surface area contributed by atoms with Crippen molar-refractivity contribution in [1.82, 2.24) is 10.2 Å². The summed E-state index contributed by atoms with van der Waals surface area (Å²) >= 11 is 0. The first-order valence-corrected chi connectivity index (χ1v) is 8.45. The van der Waals surface area contributed by atoms with E-state index in [2.05, 4.69) is 11.4 Å². The van der Waals surface area contributed by atoms with Crippen molar-refractivity contribution in [2.24, 2.45) is 0 Å². The molecule has 0 aliphatic rings. The number of rotatable bonds is 5. The maximum Gasteiger partial charge on any atom is 0.287 e. The van der Waals surface area contributed by atoms with E-state index < -0.39 is 0 Å². The van der Waals surface area contributed by atoms with Crippen molar-refractivity contribution in [3.05, 3.63) is 71.0 Å². The van der Waals surface area contributed by atoms with E-state index in [1.54, 1.807) is 12.1 Å². The van der Waals surface area contributed by atoms with Crippen LogP contribution in [-0.2, 0) is 6.54 Å². The molecule has 1 aromatic heterocycles. The number of carbonyl (C=O) groups is 1. The molecule has 5 nitrogen and oxygen atoms in total. The number of furan rings is 1. The number of benzene rings is 2. The largest absolute Gasteiger partial charge is 0.451 e. The van der Waals surface area contributed by atoms with Gasteiger partial charge in [0.1, 0.15) is 5.58 Å². The number of nitrogens with zero attached hydrogens (tertiary/aromatic N) is 2. The Morgan fingerprint density at radius 2 is 1.88 bits per heavy atom. The Kier molecular flexibility index (Phi) is 5.06. The van der Waals surface area contributed by atoms with Gasteiger partial charge in [-0.2, -0.15) is 5.26 Å². The van der Waals surface area contributed by atoms with Crippen molar-refractivity contribution < 1.29 is 9.21 Å². The van der Waals surface area contributed by atoms with Gasteiger partial charge in [0.05, 0.1) is 17.7 Å². The molecule has 1 atom stereocenters. The predicted molar refractivity (Wildman–Crippen MR) is 101 cm³/mol. The average molecular weight is 347 g/mol. The Morgan fingerprint density at radius 1 is 1.19 bits per heavy atom. The van der Waals surface area contributed by atoms with Crippen LogP contribution in [-0.4, -0.2) is 24.9 Å². The molecule has 3 rings (SSSR count). The summed E-state index contributed by atoms with van der Waals surface area (Å²) in [5.41, 5.74) is 3.12. The van der Waals surface area contributed by atoms with Gasteiger partial charge in [-0.3, -0.25) is 4.79 Å². The fourth-order valence-electron chi connectivity index (χ4n) is 2.95. The molecule has 2 aromatic carbocycles. The van der Waals surface area contributed by atoms with Crippen LogP contribution in [0.4, 0.5) is 0 Å². The van der Waals surface area contributed by atoms with Gasteiger partial charge in [0.15, 0.2) is 5.76 Å². The summed E-state index contributed by atoms with van der Waals surface area (Å²) in [6, 6.07) is 16.8. The van der Waals surface area contributed by atoms with Crippen LogP contribution >= 0.6 is 0 Å². The number of hydrogen-bond donors (Lipinski definition) is 1. The monoisotopic (exact) mass is 347 g/mol. The standard InChI is InChI=1S/C21H21N3O2/c1-14(16-10-8-15(12-22)9-11-16)23-21(25)20-18(13-24(2)3)17-6-4-5-7-19(17)26-20/h4-11,14H,13H2,1-3H3,(H,23,25)/t14-/m1/s1. The van der Waals surface area contributed by atoms with Gasteiger partial charge in [0, 0.05) is 17.5 Å². The molecule has 132 valence electrons. The van der Waals surface area contributed by atoms with Crippen LogP contribution in [0.2, 0.25) is 0 Å². The lowest BCUT2D eigenvalue weighted by Crippen LogP contribution is -2.27. The Balaban J connectivity index is 1.88. The average Bonchev–Trinajstić information content (AvgIpc) is 3.00. The summed E-state index contributed by atoms with van der Waals surface area (Å²) in [6.45, 7) is 2.53. The second kappa shape index (κ2) is 7.42. The molecule has 0 aliphatic carbocycles. The minimum atomic E-state index is -0.241. The first kappa shape index (κ1) is 17.7. The minimum Gasteiger partial charge on any atom is -0.451 e. The number of nitrogens with one attached hydrogen (secondary N) is 1. The van der Waals surface area contributed by atoms with Crippen molar-refractivity contribution >= 4 is 16.9 Å².